The molecule has 0 radical (unpaired) electrons. The topological polar surface area (TPSA) is 54.9 Å². The lowest BCUT2D eigenvalue weighted by molar-refractivity contribution is 0.709. The van der Waals surface area contributed by atoms with Crippen LogP contribution in [-0.2, 0) is 6.54 Å². The van der Waals surface area contributed by atoms with E-state index in [1.807, 2.05) is 36.4 Å². The predicted molar refractivity (Wildman–Crippen MR) is 83.8 cm³/mol. The fraction of sp³-hybridized carbons (Fsp3) is 0.286. The lowest BCUT2D eigenvalue weighted by Gasteiger charge is -2.13. The van der Waals surface area contributed by atoms with Crippen molar-refractivity contribution >= 4 is 22.6 Å². The van der Waals surface area contributed by atoms with Crippen LogP contribution in [0.2, 0.25) is 0 Å². The SMILES string of the molecule is Cc1cc(C)c(Cn2cc(I)c(=O)[nH]c2=O)c(C)c1. The van der Waals surface area contributed by atoms with Crippen molar-refractivity contribution < 1.29 is 0 Å². The van der Waals surface area contributed by atoms with E-state index in [1.165, 1.54) is 10.1 Å². The van der Waals surface area contributed by atoms with Gasteiger partial charge in [-0.25, -0.2) is 4.79 Å². The van der Waals surface area contributed by atoms with Gasteiger partial charge in [-0.05, 0) is 60.1 Å². The van der Waals surface area contributed by atoms with Crippen molar-refractivity contribution in [1.82, 2.24) is 9.55 Å². The van der Waals surface area contributed by atoms with E-state index in [4.69, 9.17) is 0 Å². The molecule has 5 heteroatoms. The Bertz CT molecular complexity index is 721. The van der Waals surface area contributed by atoms with E-state index in [-0.39, 0.29) is 11.2 Å². The van der Waals surface area contributed by atoms with Crippen LogP contribution in [0.5, 0.6) is 0 Å². The van der Waals surface area contributed by atoms with Crippen molar-refractivity contribution in [2.75, 3.05) is 0 Å². The van der Waals surface area contributed by atoms with E-state index >= 15 is 0 Å². The molecule has 0 aliphatic rings. The molecular weight excluding hydrogens is 355 g/mol. The summed E-state index contributed by atoms with van der Waals surface area (Å²) >= 11 is 1.93. The first-order valence-corrected chi connectivity index (χ1v) is 7.02. The maximum absolute atomic E-state index is 11.8. The molecule has 4 nitrogen and oxygen atoms in total. The minimum Gasteiger partial charge on any atom is -0.295 e. The van der Waals surface area contributed by atoms with Gasteiger partial charge in [-0.15, -0.1) is 0 Å². The molecule has 0 spiro atoms. The van der Waals surface area contributed by atoms with Crippen molar-refractivity contribution in [2.45, 2.75) is 27.3 Å². The first-order chi connectivity index (χ1) is 8.88. The fourth-order valence-corrected chi connectivity index (χ4v) is 2.70. The molecule has 2 aromatic rings. The van der Waals surface area contributed by atoms with E-state index in [1.54, 1.807) is 6.20 Å². The van der Waals surface area contributed by atoms with Crippen molar-refractivity contribution in [3.8, 4) is 0 Å². The third-order valence-electron chi connectivity index (χ3n) is 3.14. The van der Waals surface area contributed by atoms with Gasteiger partial charge in [0, 0.05) is 6.20 Å². The Hall–Kier alpha value is -1.37. The predicted octanol–water partition coefficient (Wildman–Crippen LogP) is 2.11. The summed E-state index contributed by atoms with van der Waals surface area (Å²) in [7, 11) is 0. The molecule has 2 rings (SSSR count). The van der Waals surface area contributed by atoms with E-state index in [9.17, 15) is 9.59 Å². The molecule has 0 aliphatic heterocycles. The molecule has 0 aliphatic carbocycles. The van der Waals surface area contributed by atoms with Crippen LogP contribution in [-0.4, -0.2) is 9.55 Å². The monoisotopic (exact) mass is 370 g/mol. The first kappa shape index (κ1) is 14.0. The van der Waals surface area contributed by atoms with Gasteiger partial charge in [-0.3, -0.25) is 14.3 Å². The van der Waals surface area contributed by atoms with Gasteiger partial charge in [0.2, 0.25) is 0 Å². The molecule has 0 atom stereocenters. The third-order valence-corrected chi connectivity index (χ3v) is 3.90. The van der Waals surface area contributed by atoms with Crippen LogP contribution >= 0.6 is 22.6 Å². The summed E-state index contributed by atoms with van der Waals surface area (Å²) in [6, 6.07) is 4.20. The van der Waals surface area contributed by atoms with E-state index in [0.29, 0.717) is 10.1 Å². The molecule has 0 fully saturated rings. The highest BCUT2D eigenvalue weighted by Crippen LogP contribution is 2.17. The van der Waals surface area contributed by atoms with Gasteiger partial charge in [-0.1, -0.05) is 17.7 Å². The Balaban J connectivity index is 2.51. The van der Waals surface area contributed by atoms with Gasteiger partial charge in [-0.2, -0.15) is 0 Å². The second-order valence-corrected chi connectivity index (χ2v) is 5.90. The molecule has 0 unspecified atom stereocenters. The maximum Gasteiger partial charge on any atom is 0.328 e. The molecule has 0 saturated heterocycles. The highest BCUT2D eigenvalue weighted by molar-refractivity contribution is 14.1. The zero-order valence-electron chi connectivity index (χ0n) is 11.1. The van der Waals surface area contributed by atoms with E-state index < -0.39 is 0 Å². The molecule has 0 amide bonds. The summed E-state index contributed by atoms with van der Waals surface area (Å²) in [6.45, 7) is 6.61. The molecule has 1 aromatic carbocycles. The van der Waals surface area contributed by atoms with Crippen LogP contribution in [0, 0.1) is 24.3 Å². The van der Waals surface area contributed by atoms with Crippen molar-refractivity contribution in [3.63, 3.8) is 0 Å². The largest absolute Gasteiger partial charge is 0.328 e. The zero-order valence-corrected chi connectivity index (χ0v) is 13.2. The Kier molecular flexibility index (Phi) is 3.93. The van der Waals surface area contributed by atoms with Crippen LogP contribution in [0.15, 0.2) is 27.9 Å². The quantitative estimate of drug-likeness (QED) is 0.824. The van der Waals surface area contributed by atoms with Crippen molar-refractivity contribution in [2.24, 2.45) is 0 Å². The Morgan fingerprint density at radius 2 is 1.74 bits per heavy atom. The van der Waals surface area contributed by atoms with Crippen LogP contribution in [0.3, 0.4) is 0 Å². The number of hydrogen-bond donors (Lipinski definition) is 1. The number of rotatable bonds is 2. The van der Waals surface area contributed by atoms with E-state index in [0.717, 1.165) is 16.7 Å². The summed E-state index contributed by atoms with van der Waals surface area (Å²) in [5.74, 6) is 0. The van der Waals surface area contributed by atoms with Gasteiger partial charge in [0.25, 0.3) is 5.56 Å². The molecule has 0 bridgehead atoms. The van der Waals surface area contributed by atoms with Crippen LogP contribution < -0.4 is 11.2 Å². The summed E-state index contributed by atoms with van der Waals surface area (Å²) < 4.78 is 2.05. The zero-order chi connectivity index (χ0) is 14.2. The number of aromatic amines is 1. The van der Waals surface area contributed by atoms with Gasteiger partial charge in [0.15, 0.2) is 0 Å². The molecular formula is C14H15IN2O2. The standard InChI is InChI=1S/C14H15IN2O2/c1-8-4-9(2)11(10(3)5-8)6-17-7-12(15)13(18)16-14(17)19/h4-5,7H,6H2,1-3H3,(H,16,18,19). The average Bonchev–Trinajstić information content (AvgIpc) is 2.29. The normalized spacial score (nSPS) is 10.7. The number of nitrogens with zero attached hydrogens (tertiary/aromatic N) is 1. The smallest absolute Gasteiger partial charge is 0.295 e. The van der Waals surface area contributed by atoms with Crippen molar-refractivity contribution in [3.05, 3.63) is 65.0 Å². The number of aromatic nitrogens is 2. The Labute approximate surface area is 124 Å². The molecule has 1 N–H and O–H groups in total. The van der Waals surface area contributed by atoms with Gasteiger partial charge in [0.05, 0.1) is 10.1 Å². The first-order valence-electron chi connectivity index (χ1n) is 5.94. The van der Waals surface area contributed by atoms with E-state index in [2.05, 4.69) is 24.0 Å². The van der Waals surface area contributed by atoms with Crippen LogP contribution in [0.25, 0.3) is 0 Å². The number of benzene rings is 1. The molecule has 100 valence electrons. The molecule has 1 heterocycles. The number of halogens is 1. The highest BCUT2D eigenvalue weighted by atomic mass is 127. The molecule has 1 aromatic heterocycles. The minimum absolute atomic E-state index is 0.334. The summed E-state index contributed by atoms with van der Waals surface area (Å²) in [6.07, 6.45) is 1.60. The summed E-state index contributed by atoms with van der Waals surface area (Å²) in [4.78, 5) is 25.5. The maximum atomic E-state index is 11.8. The molecule has 19 heavy (non-hydrogen) atoms. The Morgan fingerprint density at radius 1 is 1.16 bits per heavy atom. The summed E-state index contributed by atoms with van der Waals surface area (Å²) in [5, 5.41) is 0. The second kappa shape index (κ2) is 5.32. The van der Waals surface area contributed by atoms with Gasteiger partial charge in [0.1, 0.15) is 0 Å². The van der Waals surface area contributed by atoms with Gasteiger partial charge < -0.3 is 0 Å². The number of H-pyrrole nitrogens is 1. The van der Waals surface area contributed by atoms with Gasteiger partial charge >= 0.3 is 5.69 Å². The lowest BCUT2D eigenvalue weighted by Crippen LogP contribution is -2.31. The van der Waals surface area contributed by atoms with Crippen molar-refractivity contribution in [1.29, 1.82) is 0 Å². The van der Waals surface area contributed by atoms with Crippen LogP contribution in [0.4, 0.5) is 0 Å². The lowest BCUT2D eigenvalue weighted by atomic mass is 10.00. The minimum atomic E-state index is -0.371. The second-order valence-electron chi connectivity index (χ2n) is 4.74. The Morgan fingerprint density at radius 3 is 2.32 bits per heavy atom. The third kappa shape index (κ3) is 2.97. The summed E-state index contributed by atoms with van der Waals surface area (Å²) in [5.41, 5.74) is 3.94. The highest BCUT2D eigenvalue weighted by Gasteiger charge is 2.07. The average molecular weight is 370 g/mol. The number of hydrogen-bond acceptors (Lipinski definition) is 2. The van der Waals surface area contributed by atoms with Crippen LogP contribution in [0.1, 0.15) is 22.3 Å². The fourth-order valence-electron chi connectivity index (χ4n) is 2.23. The molecule has 0 saturated carbocycles. The number of nitrogens with one attached hydrogen (secondary N) is 1. The number of aryl methyl sites for hydroxylation is 3.